The second-order valence-corrected chi connectivity index (χ2v) is 4.83. The van der Waals surface area contributed by atoms with Crippen molar-refractivity contribution in [2.75, 3.05) is 6.54 Å². The van der Waals surface area contributed by atoms with Crippen LogP contribution in [0.25, 0.3) is 0 Å². The van der Waals surface area contributed by atoms with Crippen molar-refractivity contribution in [2.45, 2.75) is 32.1 Å². The molecule has 0 atom stereocenters. The summed E-state index contributed by atoms with van der Waals surface area (Å²) in [4.78, 5) is 12.0. The maximum absolute atomic E-state index is 12.0. The summed E-state index contributed by atoms with van der Waals surface area (Å²) in [5.74, 6) is 6.38. The molecule has 0 bridgehead atoms. The van der Waals surface area contributed by atoms with Crippen molar-refractivity contribution in [2.24, 2.45) is 11.8 Å². The van der Waals surface area contributed by atoms with E-state index < -0.39 is 0 Å². The number of hydrogen-bond donors (Lipinski definition) is 1. The van der Waals surface area contributed by atoms with Crippen LogP contribution in [0.1, 0.15) is 42.5 Å². The Balaban J connectivity index is 1.91. The fraction of sp³-hybridized carbons (Fsp3) is 0.500. The van der Waals surface area contributed by atoms with Crippen molar-refractivity contribution in [3.63, 3.8) is 0 Å². The van der Waals surface area contributed by atoms with E-state index in [9.17, 15) is 4.79 Å². The van der Waals surface area contributed by atoms with Gasteiger partial charge in [-0.3, -0.25) is 9.80 Å². The predicted molar refractivity (Wildman–Crippen MR) is 68.2 cm³/mol. The summed E-state index contributed by atoms with van der Waals surface area (Å²) in [7, 11) is 0. The average molecular weight is 232 g/mol. The Labute approximate surface area is 103 Å². The Morgan fingerprint density at radius 3 is 2.47 bits per heavy atom. The monoisotopic (exact) mass is 232 g/mol. The Kier molecular flexibility index (Phi) is 4.15. The van der Waals surface area contributed by atoms with Gasteiger partial charge in [0.1, 0.15) is 0 Å². The quantitative estimate of drug-likeness (QED) is 0.494. The minimum Gasteiger partial charge on any atom is -0.276 e. The van der Waals surface area contributed by atoms with E-state index in [-0.39, 0.29) is 5.91 Å². The van der Waals surface area contributed by atoms with E-state index in [2.05, 4.69) is 0 Å². The second-order valence-electron chi connectivity index (χ2n) is 4.83. The summed E-state index contributed by atoms with van der Waals surface area (Å²) in [5, 5.41) is 1.38. The van der Waals surface area contributed by atoms with Crippen molar-refractivity contribution in [1.82, 2.24) is 5.01 Å². The number of carbonyl (C=O) groups excluding carboxylic acids is 1. The maximum Gasteiger partial charge on any atom is 0.267 e. The van der Waals surface area contributed by atoms with Gasteiger partial charge in [0.2, 0.25) is 0 Å². The van der Waals surface area contributed by atoms with Crippen LogP contribution in [0.5, 0.6) is 0 Å². The summed E-state index contributed by atoms with van der Waals surface area (Å²) in [5.41, 5.74) is 0.672. The van der Waals surface area contributed by atoms with E-state index in [0.29, 0.717) is 18.0 Å². The van der Waals surface area contributed by atoms with Gasteiger partial charge in [0.25, 0.3) is 5.91 Å². The normalized spacial score (nSPS) is 16.8. The third kappa shape index (κ3) is 3.30. The first-order chi connectivity index (χ1) is 8.27. The third-order valence-electron chi connectivity index (χ3n) is 3.46. The number of benzene rings is 1. The molecule has 0 spiro atoms. The van der Waals surface area contributed by atoms with Crippen molar-refractivity contribution in [3.05, 3.63) is 35.9 Å². The van der Waals surface area contributed by atoms with Crippen LogP contribution in [-0.2, 0) is 0 Å². The lowest BCUT2D eigenvalue weighted by atomic mass is 9.89. The lowest BCUT2D eigenvalue weighted by Gasteiger charge is -2.26. The van der Waals surface area contributed by atoms with Crippen LogP contribution in [0.3, 0.4) is 0 Å². The Bertz CT molecular complexity index is 358. The summed E-state index contributed by atoms with van der Waals surface area (Å²) < 4.78 is 0. The molecule has 2 N–H and O–H groups in total. The summed E-state index contributed by atoms with van der Waals surface area (Å²) >= 11 is 0. The molecular weight excluding hydrogens is 212 g/mol. The number of nitrogens with zero attached hydrogens (tertiary/aromatic N) is 1. The van der Waals surface area contributed by atoms with Crippen molar-refractivity contribution < 1.29 is 4.79 Å². The van der Waals surface area contributed by atoms with Crippen LogP contribution >= 0.6 is 0 Å². The first-order valence-corrected chi connectivity index (χ1v) is 6.39. The van der Waals surface area contributed by atoms with Crippen LogP contribution in [-0.4, -0.2) is 17.5 Å². The first-order valence-electron chi connectivity index (χ1n) is 6.39. The predicted octanol–water partition coefficient (Wildman–Crippen LogP) is 2.58. The van der Waals surface area contributed by atoms with Crippen LogP contribution in [0, 0.1) is 5.92 Å². The molecule has 1 saturated carbocycles. The minimum atomic E-state index is -0.0730. The number of amides is 1. The SMILES string of the molecule is NN(CC1CCCCC1)C(=O)c1ccccc1. The Hall–Kier alpha value is -1.35. The molecular formula is C14H20N2O. The highest BCUT2D eigenvalue weighted by Crippen LogP contribution is 2.24. The molecule has 1 aliphatic carbocycles. The molecule has 0 radical (unpaired) electrons. The zero-order valence-electron chi connectivity index (χ0n) is 10.1. The largest absolute Gasteiger partial charge is 0.276 e. The maximum atomic E-state index is 12.0. The van der Waals surface area contributed by atoms with Gasteiger partial charge in [-0.1, -0.05) is 37.5 Å². The van der Waals surface area contributed by atoms with Crippen LogP contribution in [0.15, 0.2) is 30.3 Å². The molecule has 0 unspecified atom stereocenters. The van der Waals surface area contributed by atoms with E-state index in [1.807, 2.05) is 30.3 Å². The van der Waals surface area contributed by atoms with E-state index in [0.717, 1.165) is 0 Å². The first kappa shape index (κ1) is 12.1. The molecule has 0 saturated heterocycles. The van der Waals surface area contributed by atoms with Gasteiger partial charge in [-0.15, -0.1) is 0 Å². The van der Waals surface area contributed by atoms with Gasteiger partial charge < -0.3 is 0 Å². The van der Waals surface area contributed by atoms with Gasteiger partial charge in [0.15, 0.2) is 0 Å². The molecule has 1 aliphatic rings. The number of rotatable bonds is 3. The van der Waals surface area contributed by atoms with Crippen LogP contribution in [0.2, 0.25) is 0 Å². The highest BCUT2D eigenvalue weighted by Gasteiger charge is 2.19. The lowest BCUT2D eigenvalue weighted by Crippen LogP contribution is -2.41. The summed E-state index contributed by atoms with van der Waals surface area (Å²) in [6.45, 7) is 0.688. The Morgan fingerprint density at radius 1 is 1.18 bits per heavy atom. The van der Waals surface area contributed by atoms with E-state index >= 15 is 0 Å². The molecule has 0 heterocycles. The van der Waals surface area contributed by atoms with Crippen molar-refractivity contribution in [1.29, 1.82) is 0 Å². The van der Waals surface area contributed by atoms with Crippen molar-refractivity contribution >= 4 is 5.91 Å². The second kappa shape index (κ2) is 5.82. The number of hydrazine groups is 1. The van der Waals surface area contributed by atoms with Gasteiger partial charge in [0.05, 0.1) is 0 Å². The van der Waals surface area contributed by atoms with E-state index in [4.69, 9.17) is 5.84 Å². The van der Waals surface area contributed by atoms with Gasteiger partial charge in [-0.25, -0.2) is 5.84 Å². The van der Waals surface area contributed by atoms with Gasteiger partial charge >= 0.3 is 0 Å². The fourth-order valence-electron chi connectivity index (χ4n) is 2.48. The van der Waals surface area contributed by atoms with E-state index in [1.54, 1.807) is 0 Å². The third-order valence-corrected chi connectivity index (χ3v) is 3.46. The fourth-order valence-corrected chi connectivity index (χ4v) is 2.48. The molecule has 2 rings (SSSR count). The number of hydrogen-bond acceptors (Lipinski definition) is 2. The minimum absolute atomic E-state index is 0.0730. The topological polar surface area (TPSA) is 46.3 Å². The molecule has 1 aromatic rings. The molecule has 3 heteroatoms. The molecule has 3 nitrogen and oxygen atoms in total. The van der Waals surface area contributed by atoms with Gasteiger partial charge in [-0.05, 0) is 30.9 Å². The molecule has 1 fully saturated rings. The smallest absolute Gasteiger partial charge is 0.267 e. The van der Waals surface area contributed by atoms with Gasteiger partial charge in [-0.2, -0.15) is 0 Å². The molecule has 0 aliphatic heterocycles. The van der Waals surface area contributed by atoms with E-state index in [1.165, 1.54) is 37.1 Å². The Morgan fingerprint density at radius 2 is 1.82 bits per heavy atom. The highest BCUT2D eigenvalue weighted by molar-refractivity contribution is 5.93. The zero-order valence-corrected chi connectivity index (χ0v) is 10.1. The van der Waals surface area contributed by atoms with Gasteiger partial charge in [0, 0.05) is 12.1 Å². The van der Waals surface area contributed by atoms with Crippen molar-refractivity contribution in [3.8, 4) is 0 Å². The average Bonchev–Trinajstić information content (AvgIpc) is 2.40. The molecule has 17 heavy (non-hydrogen) atoms. The lowest BCUT2D eigenvalue weighted by molar-refractivity contribution is 0.0713. The molecule has 0 aromatic heterocycles. The standard InChI is InChI=1S/C14H20N2O/c15-16(11-12-7-3-1-4-8-12)14(17)13-9-5-2-6-10-13/h2,5-6,9-10,12H,1,3-4,7-8,11,15H2. The molecule has 1 amide bonds. The molecule has 1 aromatic carbocycles. The summed E-state index contributed by atoms with van der Waals surface area (Å²) in [6.07, 6.45) is 6.29. The number of carbonyl (C=O) groups is 1. The van der Waals surface area contributed by atoms with Crippen LogP contribution in [0.4, 0.5) is 0 Å². The summed E-state index contributed by atoms with van der Waals surface area (Å²) in [6, 6.07) is 9.24. The number of nitrogens with two attached hydrogens (primary N) is 1. The highest BCUT2D eigenvalue weighted by atomic mass is 16.2. The molecule has 92 valence electrons. The zero-order chi connectivity index (χ0) is 12.1. The van der Waals surface area contributed by atoms with Crippen LogP contribution < -0.4 is 5.84 Å².